The molecule has 88 valence electrons. The van der Waals surface area contributed by atoms with Crippen molar-refractivity contribution >= 4 is 0 Å². The molecule has 1 aromatic rings. The summed E-state index contributed by atoms with van der Waals surface area (Å²) in [6.07, 6.45) is 4.04. The molecule has 1 aliphatic heterocycles. The van der Waals surface area contributed by atoms with Gasteiger partial charge in [-0.1, -0.05) is 30.7 Å². The maximum absolute atomic E-state index is 3.61. The fraction of sp³-hybridized carbons (Fsp3) is 0.571. The van der Waals surface area contributed by atoms with Gasteiger partial charge in [-0.25, -0.2) is 10.4 Å². The summed E-state index contributed by atoms with van der Waals surface area (Å²) in [5.41, 5.74) is 6.39. The number of hydrogen-bond donors (Lipinski definition) is 1. The molecule has 2 heteroatoms. The second-order valence-corrected chi connectivity index (χ2v) is 4.76. The molecule has 1 N–H and O–H groups in total. The molecule has 1 saturated heterocycles. The van der Waals surface area contributed by atoms with Crippen molar-refractivity contribution in [1.29, 1.82) is 0 Å². The minimum absolute atomic E-state index is 0.416. The van der Waals surface area contributed by atoms with Crippen LogP contribution in [0, 0.1) is 6.92 Å². The molecule has 0 bridgehead atoms. The molecule has 1 aliphatic rings. The predicted octanol–water partition coefficient (Wildman–Crippen LogP) is 3.05. The van der Waals surface area contributed by atoms with E-state index in [1.54, 1.807) is 0 Å². The van der Waals surface area contributed by atoms with E-state index in [0.717, 1.165) is 0 Å². The quantitative estimate of drug-likeness (QED) is 0.839. The zero-order valence-corrected chi connectivity index (χ0v) is 10.4. The van der Waals surface area contributed by atoms with E-state index < -0.39 is 0 Å². The first-order valence-corrected chi connectivity index (χ1v) is 6.34. The van der Waals surface area contributed by atoms with Gasteiger partial charge < -0.3 is 0 Å². The summed E-state index contributed by atoms with van der Waals surface area (Å²) in [7, 11) is 0. The summed E-state index contributed by atoms with van der Waals surface area (Å²) >= 11 is 0. The van der Waals surface area contributed by atoms with Crippen molar-refractivity contribution in [2.24, 2.45) is 0 Å². The highest BCUT2D eigenvalue weighted by Crippen LogP contribution is 2.18. The zero-order chi connectivity index (χ0) is 11.4. The number of hydrazine groups is 1. The van der Waals surface area contributed by atoms with Crippen LogP contribution in [0.15, 0.2) is 24.3 Å². The van der Waals surface area contributed by atoms with Crippen LogP contribution in [0.25, 0.3) is 0 Å². The molecular weight excluding hydrogens is 196 g/mol. The van der Waals surface area contributed by atoms with Crippen molar-refractivity contribution in [2.45, 2.75) is 39.2 Å². The molecule has 0 saturated carbocycles. The smallest absolute Gasteiger partial charge is 0.0439 e. The highest BCUT2D eigenvalue weighted by molar-refractivity contribution is 5.28. The average molecular weight is 218 g/mol. The minimum Gasteiger partial charge on any atom is -0.248 e. The predicted molar refractivity (Wildman–Crippen MR) is 68.2 cm³/mol. The molecule has 2 rings (SSSR count). The van der Waals surface area contributed by atoms with Crippen LogP contribution in [-0.4, -0.2) is 18.1 Å². The number of benzene rings is 1. The fourth-order valence-electron chi connectivity index (χ4n) is 2.44. The number of piperidine rings is 1. The van der Waals surface area contributed by atoms with Gasteiger partial charge in [0.2, 0.25) is 0 Å². The molecule has 0 amide bonds. The lowest BCUT2D eigenvalue weighted by Gasteiger charge is -2.30. The van der Waals surface area contributed by atoms with Crippen LogP contribution in [-0.2, 0) is 0 Å². The van der Waals surface area contributed by atoms with Gasteiger partial charge in [0.15, 0.2) is 0 Å². The zero-order valence-electron chi connectivity index (χ0n) is 10.4. The van der Waals surface area contributed by atoms with Crippen molar-refractivity contribution in [3.05, 3.63) is 35.4 Å². The lowest BCUT2D eigenvalue weighted by molar-refractivity contribution is 0.133. The molecule has 2 nitrogen and oxygen atoms in total. The minimum atomic E-state index is 0.416. The molecule has 0 aromatic heterocycles. The summed E-state index contributed by atoms with van der Waals surface area (Å²) in [5, 5.41) is 2.38. The van der Waals surface area contributed by atoms with E-state index >= 15 is 0 Å². The Balaban J connectivity index is 1.96. The van der Waals surface area contributed by atoms with Crippen molar-refractivity contribution < 1.29 is 0 Å². The lowest BCUT2D eigenvalue weighted by atomic mass is 10.0. The summed E-state index contributed by atoms with van der Waals surface area (Å²) in [6.45, 7) is 6.81. The highest BCUT2D eigenvalue weighted by Gasteiger charge is 2.14. The van der Waals surface area contributed by atoms with Gasteiger partial charge in [-0.15, -0.1) is 0 Å². The average Bonchev–Trinajstić information content (AvgIpc) is 2.31. The molecular formula is C14H22N2. The van der Waals surface area contributed by atoms with Crippen LogP contribution in [0.2, 0.25) is 0 Å². The molecule has 1 atom stereocenters. The largest absolute Gasteiger partial charge is 0.248 e. The summed E-state index contributed by atoms with van der Waals surface area (Å²) in [6, 6.07) is 9.04. The van der Waals surface area contributed by atoms with Crippen molar-refractivity contribution in [3.8, 4) is 0 Å². The maximum Gasteiger partial charge on any atom is 0.0439 e. The Morgan fingerprint density at radius 1 is 1.12 bits per heavy atom. The van der Waals surface area contributed by atoms with Crippen LogP contribution in [0.5, 0.6) is 0 Å². The Kier molecular flexibility index (Phi) is 3.97. The molecule has 0 spiro atoms. The van der Waals surface area contributed by atoms with Gasteiger partial charge in [-0.05, 0) is 37.8 Å². The summed E-state index contributed by atoms with van der Waals surface area (Å²) < 4.78 is 0. The summed E-state index contributed by atoms with van der Waals surface area (Å²) in [4.78, 5) is 0. The maximum atomic E-state index is 3.61. The molecule has 0 aliphatic carbocycles. The van der Waals surface area contributed by atoms with Gasteiger partial charge in [0.05, 0.1) is 0 Å². The number of nitrogens with one attached hydrogen (secondary N) is 1. The van der Waals surface area contributed by atoms with Crippen molar-refractivity contribution in [1.82, 2.24) is 10.4 Å². The lowest BCUT2D eigenvalue weighted by Crippen LogP contribution is -2.42. The normalized spacial score (nSPS) is 19.6. The van der Waals surface area contributed by atoms with E-state index in [0.29, 0.717) is 6.04 Å². The molecule has 1 aromatic carbocycles. The second kappa shape index (κ2) is 5.46. The molecule has 16 heavy (non-hydrogen) atoms. The Bertz CT molecular complexity index is 329. The Hall–Kier alpha value is -0.860. The third-order valence-electron chi connectivity index (χ3n) is 3.39. The monoisotopic (exact) mass is 218 g/mol. The van der Waals surface area contributed by atoms with Crippen molar-refractivity contribution in [3.63, 3.8) is 0 Å². The van der Waals surface area contributed by atoms with Gasteiger partial charge in [0.1, 0.15) is 0 Å². The van der Waals surface area contributed by atoms with Crippen LogP contribution < -0.4 is 5.43 Å². The van der Waals surface area contributed by atoms with Crippen LogP contribution in [0.3, 0.4) is 0 Å². The van der Waals surface area contributed by atoms with E-state index in [1.165, 1.54) is 43.5 Å². The van der Waals surface area contributed by atoms with E-state index in [9.17, 15) is 0 Å². The highest BCUT2D eigenvalue weighted by atomic mass is 15.5. The molecule has 1 heterocycles. The van der Waals surface area contributed by atoms with E-state index in [1.807, 2.05) is 0 Å². The van der Waals surface area contributed by atoms with Gasteiger partial charge in [-0.3, -0.25) is 0 Å². The number of rotatable bonds is 3. The third-order valence-corrected chi connectivity index (χ3v) is 3.39. The first-order chi connectivity index (χ1) is 7.77. The Labute approximate surface area is 98.6 Å². The standard InChI is InChI=1S/C14H22N2/c1-12-8-4-5-9-14(12)13(2)15-16-10-6-3-7-11-16/h4-5,8-9,13,15H,3,6-7,10-11H2,1-2H3. The first kappa shape index (κ1) is 11.6. The topological polar surface area (TPSA) is 15.3 Å². The number of hydrogen-bond acceptors (Lipinski definition) is 2. The number of nitrogens with zero attached hydrogens (tertiary/aromatic N) is 1. The summed E-state index contributed by atoms with van der Waals surface area (Å²) in [5.74, 6) is 0. The number of aryl methyl sites for hydroxylation is 1. The molecule has 1 fully saturated rings. The van der Waals surface area contributed by atoms with E-state index in [-0.39, 0.29) is 0 Å². The fourth-order valence-corrected chi connectivity index (χ4v) is 2.44. The SMILES string of the molecule is Cc1ccccc1C(C)NN1CCCCC1. The van der Waals surface area contributed by atoms with Gasteiger partial charge in [-0.2, -0.15) is 0 Å². The van der Waals surface area contributed by atoms with Crippen molar-refractivity contribution in [2.75, 3.05) is 13.1 Å². The first-order valence-electron chi connectivity index (χ1n) is 6.34. The Morgan fingerprint density at radius 3 is 2.50 bits per heavy atom. The van der Waals surface area contributed by atoms with E-state index in [4.69, 9.17) is 0 Å². The Morgan fingerprint density at radius 2 is 1.81 bits per heavy atom. The van der Waals surface area contributed by atoms with E-state index in [2.05, 4.69) is 48.5 Å². The second-order valence-electron chi connectivity index (χ2n) is 4.76. The molecule has 0 radical (unpaired) electrons. The third kappa shape index (κ3) is 2.83. The van der Waals surface area contributed by atoms with Gasteiger partial charge in [0, 0.05) is 19.1 Å². The van der Waals surface area contributed by atoms with Crippen LogP contribution in [0.4, 0.5) is 0 Å². The van der Waals surface area contributed by atoms with Crippen LogP contribution >= 0.6 is 0 Å². The molecule has 1 unspecified atom stereocenters. The van der Waals surface area contributed by atoms with Gasteiger partial charge in [0.25, 0.3) is 0 Å². The van der Waals surface area contributed by atoms with Gasteiger partial charge >= 0.3 is 0 Å². The van der Waals surface area contributed by atoms with Crippen LogP contribution in [0.1, 0.15) is 43.4 Å².